The van der Waals surface area contributed by atoms with Crippen molar-refractivity contribution in [3.63, 3.8) is 0 Å². The average Bonchev–Trinajstić information content (AvgIpc) is 2.42. The first kappa shape index (κ1) is 13.3. The summed E-state index contributed by atoms with van der Waals surface area (Å²) in [7, 11) is 0. The van der Waals surface area contributed by atoms with E-state index in [0.717, 1.165) is 17.9 Å². The SMILES string of the molecule is CCNc1ncnc(Oc2ccccc2F)c1CC. The van der Waals surface area contributed by atoms with Gasteiger partial charge in [-0.05, 0) is 25.5 Å². The van der Waals surface area contributed by atoms with E-state index < -0.39 is 5.82 Å². The molecule has 0 spiro atoms. The number of hydrogen-bond acceptors (Lipinski definition) is 4. The van der Waals surface area contributed by atoms with Gasteiger partial charge >= 0.3 is 0 Å². The standard InChI is InChI=1S/C14H16FN3O/c1-3-10-13(16-4-2)17-9-18-14(10)19-12-8-6-5-7-11(12)15/h5-9H,3-4H2,1-2H3,(H,16,17,18). The van der Waals surface area contributed by atoms with Crippen molar-refractivity contribution in [2.45, 2.75) is 20.3 Å². The number of halogens is 1. The van der Waals surface area contributed by atoms with E-state index in [1.807, 2.05) is 13.8 Å². The molecule has 2 rings (SSSR count). The fraction of sp³-hybridized carbons (Fsp3) is 0.286. The zero-order valence-corrected chi connectivity index (χ0v) is 11.0. The van der Waals surface area contributed by atoms with E-state index in [1.165, 1.54) is 12.4 Å². The van der Waals surface area contributed by atoms with Crippen LogP contribution in [-0.4, -0.2) is 16.5 Å². The van der Waals surface area contributed by atoms with Crippen LogP contribution in [0.5, 0.6) is 11.6 Å². The second kappa shape index (κ2) is 6.13. The first-order valence-electron chi connectivity index (χ1n) is 6.26. The highest BCUT2D eigenvalue weighted by molar-refractivity contribution is 5.49. The molecule has 0 atom stereocenters. The molecule has 0 bridgehead atoms. The van der Waals surface area contributed by atoms with Crippen LogP contribution in [0, 0.1) is 5.82 Å². The maximum absolute atomic E-state index is 13.6. The Hall–Kier alpha value is -2.17. The van der Waals surface area contributed by atoms with E-state index in [-0.39, 0.29) is 5.75 Å². The predicted octanol–water partition coefficient (Wildman–Crippen LogP) is 3.40. The van der Waals surface area contributed by atoms with Crippen molar-refractivity contribution in [2.75, 3.05) is 11.9 Å². The molecule has 1 N–H and O–H groups in total. The van der Waals surface area contributed by atoms with Gasteiger partial charge in [0.2, 0.25) is 5.88 Å². The Morgan fingerprint density at radius 2 is 2.00 bits per heavy atom. The lowest BCUT2D eigenvalue weighted by atomic mass is 10.2. The number of nitrogens with zero attached hydrogens (tertiary/aromatic N) is 2. The summed E-state index contributed by atoms with van der Waals surface area (Å²) in [4.78, 5) is 8.26. The minimum Gasteiger partial charge on any atom is -0.435 e. The van der Waals surface area contributed by atoms with Gasteiger partial charge in [-0.25, -0.2) is 14.4 Å². The van der Waals surface area contributed by atoms with Crippen LogP contribution in [0.15, 0.2) is 30.6 Å². The third-order valence-electron chi connectivity index (χ3n) is 2.65. The lowest BCUT2D eigenvalue weighted by Gasteiger charge is -2.12. The Kier molecular flexibility index (Phi) is 4.28. The molecule has 0 unspecified atom stereocenters. The van der Waals surface area contributed by atoms with Gasteiger partial charge in [0.15, 0.2) is 11.6 Å². The van der Waals surface area contributed by atoms with E-state index >= 15 is 0 Å². The Morgan fingerprint density at radius 1 is 1.21 bits per heavy atom. The molecule has 1 aromatic heterocycles. The number of para-hydroxylation sites is 1. The lowest BCUT2D eigenvalue weighted by Crippen LogP contribution is -2.06. The van der Waals surface area contributed by atoms with Crippen molar-refractivity contribution in [1.82, 2.24) is 9.97 Å². The molecule has 5 heteroatoms. The predicted molar refractivity (Wildman–Crippen MR) is 72.0 cm³/mol. The van der Waals surface area contributed by atoms with Crippen LogP contribution in [0.2, 0.25) is 0 Å². The number of hydrogen-bond donors (Lipinski definition) is 1. The van der Waals surface area contributed by atoms with Crippen molar-refractivity contribution >= 4 is 5.82 Å². The molecular formula is C14H16FN3O. The van der Waals surface area contributed by atoms with Crippen LogP contribution < -0.4 is 10.1 Å². The number of ether oxygens (including phenoxy) is 1. The minimum atomic E-state index is -0.409. The van der Waals surface area contributed by atoms with Crippen LogP contribution >= 0.6 is 0 Å². The first-order valence-corrected chi connectivity index (χ1v) is 6.26. The topological polar surface area (TPSA) is 47.0 Å². The highest BCUT2D eigenvalue weighted by Crippen LogP contribution is 2.28. The number of anilines is 1. The number of rotatable bonds is 5. The molecule has 19 heavy (non-hydrogen) atoms. The molecule has 0 aliphatic heterocycles. The number of benzene rings is 1. The van der Waals surface area contributed by atoms with E-state index in [2.05, 4.69) is 15.3 Å². The van der Waals surface area contributed by atoms with E-state index in [1.54, 1.807) is 18.2 Å². The van der Waals surface area contributed by atoms with Gasteiger partial charge in [0.1, 0.15) is 12.1 Å². The van der Waals surface area contributed by atoms with E-state index in [4.69, 9.17) is 4.74 Å². The average molecular weight is 261 g/mol. The maximum atomic E-state index is 13.6. The van der Waals surface area contributed by atoms with Gasteiger partial charge in [-0.2, -0.15) is 0 Å². The lowest BCUT2D eigenvalue weighted by molar-refractivity contribution is 0.422. The zero-order valence-electron chi connectivity index (χ0n) is 11.0. The molecule has 100 valence electrons. The maximum Gasteiger partial charge on any atom is 0.227 e. The normalized spacial score (nSPS) is 10.3. The Bertz CT molecular complexity index is 560. The van der Waals surface area contributed by atoms with Gasteiger partial charge < -0.3 is 10.1 Å². The van der Waals surface area contributed by atoms with Gasteiger partial charge in [-0.3, -0.25) is 0 Å². The van der Waals surface area contributed by atoms with Crippen LogP contribution in [-0.2, 0) is 6.42 Å². The molecule has 0 radical (unpaired) electrons. The third kappa shape index (κ3) is 2.99. The monoisotopic (exact) mass is 261 g/mol. The van der Waals surface area contributed by atoms with Gasteiger partial charge in [0.05, 0.1) is 5.56 Å². The number of nitrogens with one attached hydrogen (secondary N) is 1. The second-order valence-electron chi connectivity index (χ2n) is 3.92. The molecule has 0 amide bonds. The minimum absolute atomic E-state index is 0.165. The summed E-state index contributed by atoms with van der Waals surface area (Å²) in [5.74, 6) is 0.872. The van der Waals surface area contributed by atoms with Crippen molar-refractivity contribution in [3.05, 3.63) is 42.0 Å². The second-order valence-corrected chi connectivity index (χ2v) is 3.92. The molecule has 1 heterocycles. The highest BCUT2D eigenvalue weighted by Gasteiger charge is 2.12. The van der Waals surface area contributed by atoms with E-state index in [0.29, 0.717) is 12.3 Å². The van der Waals surface area contributed by atoms with E-state index in [9.17, 15) is 4.39 Å². The molecule has 0 aliphatic carbocycles. The molecule has 4 nitrogen and oxygen atoms in total. The molecule has 0 fully saturated rings. The first-order chi connectivity index (χ1) is 9.26. The van der Waals surface area contributed by atoms with Crippen molar-refractivity contribution in [3.8, 4) is 11.6 Å². The quantitative estimate of drug-likeness (QED) is 0.896. The van der Waals surface area contributed by atoms with Gasteiger partial charge in [-0.1, -0.05) is 19.1 Å². The molecular weight excluding hydrogens is 245 g/mol. The zero-order chi connectivity index (χ0) is 13.7. The number of aromatic nitrogens is 2. The fourth-order valence-electron chi connectivity index (χ4n) is 1.75. The van der Waals surface area contributed by atoms with Crippen molar-refractivity contribution in [1.29, 1.82) is 0 Å². The van der Waals surface area contributed by atoms with Crippen LogP contribution in [0.4, 0.5) is 10.2 Å². The summed E-state index contributed by atoms with van der Waals surface area (Å²) in [6, 6.07) is 6.26. The summed E-state index contributed by atoms with van der Waals surface area (Å²) in [5, 5.41) is 3.14. The largest absolute Gasteiger partial charge is 0.435 e. The van der Waals surface area contributed by atoms with Crippen molar-refractivity contribution in [2.24, 2.45) is 0 Å². The van der Waals surface area contributed by atoms with Crippen LogP contribution in [0.3, 0.4) is 0 Å². The Labute approximate surface area is 111 Å². The summed E-state index contributed by atoms with van der Waals surface area (Å²) < 4.78 is 19.1. The van der Waals surface area contributed by atoms with Crippen LogP contribution in [0.1, 0.15) is 19.4 Å². The summed E-state index contributed by atoms with van der Waals surface area (Å²) >= 11 is 0. The summed E-state index contributed by atoms with van der Waals surface area (Å²) in [6.07, 6.45) is 2.11. The summed E-state index contributed by atoms with van der Waals surface area (Å²) in [6.45, 7) is 4.72. The molecule has 0 saturated carbocycles. The summed E-state index contributed by atoms with van der Waals surface area (Å²) in [5.41, 5.74) is 0.840. The highest BCUT2D eigenvalue weighted by atomic mass is 19.1. The van der Waals surface area contributed by atoms with Crippen molar-refractivity contribution < 1.29 is 9.13 Å². The van der Waals surface area contributed by atoms with Gasteiger partial charge in [0.25, 0.3) is 0 Å². The smallest absolute Gasteiger partial charge is 0.227 e. The molecule has 1 aromatic carbocycles. The fourth-order valence-corrected chi connectivity index (χ4v) is 1.75. The van der Waals surface area contributed by atoms with Gasteiger partial charge in [0, 0.05) is 6.54 Å². The molecule has 0 saturated heterocycles. The molecule has 0 aliphatic rings. The Morgan fingerprint density at radius 3 is 2.68 bits per heavy atom. The Balaban J connectivity index is 2.35. The van der Waals surface area contributed by atoms with Crippen LogP contribution in [0.25, 0.3) is 0 Å². The molecule has 2 aromatic rings. The van der Waals surface area contributed by atoms with Gasteiger partial charge in [-0.15, -0.1) is 0 Å². The third-order valence-corrected chi connectivity index (χ3v) is 2.65.